The van der Waals surface area contributed by atoms with Crippen LogP contribution in [0.15, 0.2) is 0 Å². The Labute approximate surface area is 42.5 Å². The Balaban J connectivity index is 2.00. The van der Waals surface area contributed by atoms with Crippen LogP contribution in [0.25, 0.3) is 0 Å². The van der Waals surface area contributed by atoms with Gasteiger partial charge >= 0.3 is 0 Å². The molecule has 1 heterocycles. The molecule has 1 nitrogen and oxygen atoms in total. The molecule has 1 rings (SSSR count). The molecule has 0 bridgehead atoms. The molecule has 0 aromatic rings. The van der Waals surface area contributed by atoms with E-state index in [0.29, 0.717) is 0 Å². The number of thioether (sulfide) groups is 1. The summed E-state index contributed by atoms with van der Waals surface area (Å²) in [5.41, 5.74) is 0. The van der Waals surface area contributed by atoms with Crippen molar-refractivity contribution >= 4 is 11.8 Å². The Morgan fingerprint density at radius 2 is 1.83 bits per heavy atom. The van der Waals surface area contributed by atoms with E-state index in [0.717, 1.165) is 13.1 Å². The summed E-state index contributed by atoms with van der Waals surface area (Å²) < 4.78 is 0. The fraction of sp³-hybridized carbons (Fsp3) is 1.00. The van der Waals surface area contributed by atoms with Crippen LogP contribution in [-0.2, 0) is 0 Å². The first kappa shape index (κ1) is 4.47. The van der Waals surface area contributed by atoms with Gasteiger partial charge in [0.1, 0.15) is 0 Å². The number of hydrogen-bond donors (Lipinski definition) is 0. The van der Waals surface area contributed by atoms with Gasteiger partial charge in [0.05, 0.1) is 16.8 Å². The summed E-state index contributed by atoms with van der Waals surface area (Å²) in [6.07, 6.45) is 0. The molecule has 1 aliphatic rings. The maximum atomic E-state index is 4.16. The fourth-order valence-corrected chi connectivity index (χ4v) is 1.19. The van der Waals surface area contributed by atoms with Gasteiger partial charge in [-0.05, 0) is 0 Å². The van der Waals surface area contributed by atoms with Crippen molar-refractivity contribution in [2.75, 3.05) is 24.6 Å². The molecule has 0 amide bonds. The SMILES string of the molecule is C1CSCC[N+]1. The van der Waals surface area contributed by atoms with Gasteiger partial charge in [-0.25, -0.2) is 0 Å². The highest BCUT2D eigenvalue weighted by molar-refractivity contribution is 7.99. The molecule has 0 atom stereocenters. The van der Waals surface area contributed by atoms with Crippen molar-refractivity contribution in [3.05, 3.63) is 0 Å². The van der Waals surface area contributed by atoms with Crippen LogP contribution in [0, 0.1) is 0 Å². The largest absolute Gasteiger partial charge is 0.192 e. The van der Waals surface area contributed by atoms with Gasteiger partial charge in [-0.3, -0.25) is 0 Å². The third kappa shape index (κ3) is 1.19. The minimum atomic E-state index is 1.09. The van der Waals surface area contributed by atoms with Gasteiger partial charge in [0.15, 0.2) is 13.1 Å². The van der Waals surface area contributed by atoms with Crippen LogP contribution in [-0.4, -0.2) is 24.6 Å². The summed E-state index contributed by atoms with van der Waals surface area (Å²) in [7, 11) is 0. The van der Waals surface area contributed by atoms with Crippen molar-refractivity contribution in [3.8, 4) is 0 Å². The first-order valence-electron chi connectivity index (χ1n) is 2.21. The molecule has 1 fully saturated rings. The molecule has 0 N–H and O–H groups in total. The second kappa shape index (κ2) is 2.48. The van der Waals surface area contributed by atoms with Crippen LogP contribution in [0.2, 0.25) is 0 Å². The van der Waals surface area contributed by atoms with E-state index in [-0.39, 0.29) is 0 Å². The van der Waals surface area contributed by atoms with Gasteiger partial charge in [0.25, 0.3) is 0 Å². The first-order chi connectivity index (χ1) is 3.00. The third-order valence-electron chi connectivity index (χ3n) is 0.787. The normalized spacial score (nSPS) is 24.0. The second-order valence-corrected chi connectivity index (χ2v) is 2.51. The minimum absolute atomic E-state index is 1.09. The summed E-state index contributed by atoms with van der Waals surface area (Å²) in [4.78, 5) is 0. The standard InChI is InChI=1S/C4H8NS/c1-3-6-4-2-5-1/h1-4H2/q+1. The van der Waals surface area contributed by atoms with Crippen molar-refractivity contribution in [3.63, 3.8) is 0 Å². The highest BCUT2D eigenvalue weighted by Crippen LogP contribution is 2.00. The topological polar surface area (TPSA) is 14.1 Å². The zero-order valence-corrected chi connectivity index (χ0v) is 4.50. The quantitative estimate of drug-likeness (QED) is 0.430. The van der Waals surface area contributed by atoms with Gasteiger partial charge < -0.3 is 0 Å². The molecule has 6 heavy (non-hydrogen) atoms. The van der Waals surface area contributed by atoms with E-state index in [1.165, 1.54) is 11.5 Å². The molecule has 0 aromatic heterocycles. The van der Waals surface area contributed by atoms with E-state index in [1.54, 1.807) is 0 Å². The van der Waals surface area contributed by atoms with Crippen molar-refractivity contribution < 1.29 is 0 Å². The van der Waals surface area contributed by atoms with Crippen molar-refractivity contribution in [2.24, 2.45) is 0 Å². The average molecular weight is 102 g/mol. The smallest absolute Gasteiger partial charge is 0.149 e. The van der Waals surface area contributed by atoms with E-state index >= 15 is 0 Å². The predicted octanol–water partition coefficient (Wildman–Crippen LogP) is 0.338. The van der Waals surface area contributed by atoms with Gasteiger partial charge in [-0.2, -0.15) is 0 Å². The summed E-state index contributed by atoms with van der Waals surface area (Å²) in [5.74, 6) is 2.50. The Kier molecular flexibility index (Phi) is 1.85. The summed E-state index contributed by atoms with van der Waals surface area (Å²) in [6.45, 7) is 2.18. The summed E-state index contributed by atoms with van der Waals surface area (Å²) in [5, 5.41) is 4.16. The van der Waals surface area contributed by atoms with Crippen LogP contribution in [0.1, 0.15) is 0 Å². The number of hydrogen-bond acceptors (Lipinski definition) is 1. The summed E-state index contributed by atoms with van der Waals surface area (Å²) in [6, 6.07) is 0. The Morgan fingerprint density at radius 1 is 1.17 bits per heavy atom. The third-order valence-corrected chi connectivity index (χ3v) is 1.73. The Hall–Kier alpha value is 0.310. The van der Waals surface area contributed by atoms with E-state index in [4.69, 9.17) is 0 Å². The number of nitrogens with zero attached hydrogens (tertiary/aromatic N) is 1. The van der Waals surface area contributed by atoms with Gasteiger partial charge in [-0.1, -0.05) is 0 Å². The molecule has 0 spiro atoms. The van der Waals surface area contributed by atoms with Crippen LogP contribution in [0.3, 0.4) is 0 Å². The molecule has 2 radical (unpaired) electrons. The highest BCUT2D eigenvalue weighted by Gasteiger charge is 2.08. The van der Waals surface area contributed by atoms with E-state index < -0.39 is 0 Å². The van der Waals surface area contributed by atoms with Crippen LogP contribution >= 0.6 is 11.8 Å². The molecule has 34 valence electrons. The second-order valence-electron chi connectivity index (χ2n) is 1.28. The molecular weight excluding hydrogens is 94.1 g/mol. The average Bonchev–Trinajstić information content (AvgIpc) is 1.72. The zero-order valence-electron chi connectivity index (χ0n) is 3.68. The maximum absolute atomic E-state index is 4.16. The molecule has 0 aromatic carbocycles. The molecule has 0 unspecified atom stereocenters. The van der Waals surface area contributed by atoms with Crippen molar-refractivity contribution in [2.45, 2.75) is 0 Å². The highest BCUT2D eigenvalue weighted by atomic mass is 32.2. The monoisotopic (exact) mass is 102 g/mol. The molecule has 0 saturated carbocycles. The van der Waals surface area contributed by atoms with E-state index in [2.05, 4.69) is 5.32 Å². The number of rotatable bonds is 0. The molecule has 1 aliphatic heterocycles. The first-order valence-corrected chi connectivity index (χ1v) is 3.36. The minimum Gasteiger partial charge on any atom is -0.149 e. The fourth-order valence-electron chi connectivity index (χ4n) is 0.472. The summed E-state index contributed by atoms with van der Waals surface area (Å²) >= 11 is 2.00. The van der Waals surface area contributed by atoms with E-state index in [9.17, 15) is 0 Å². The van der Waals surface area contributed by atoms with Gasteiger partial charge in [0.2, 0.25) is 0 Å². The van der Waals surface area contributed by atoms with Crippen LogP contribution in [0.4, 0.5) is 0 Å². The van der Waals surface area contributed by atoms with Crippen molar-refractivity contribution in [1.82, 2.24) is 5.32 Å². The zero-order chi connectivity index (χ0) is 4.24. The lowest BCUT2D eigenvalue weighted by Crippen LogP contribution is -2.17. The predicted molar refractivity (Wildman–Crippen MR) is 29.2 cm³/mol. The molecule has 2 heteroatoms. The lowest BCUT2D eigenvalue weighted by Gasteiger charge is -1.94. The van der Waals surface area contributed by atoms with Gasteiger partial charge in [0, 0.05) is 0 Å². The molecular formula is C4H8NS+. The van der Waals surface area contributed by atoms with Crippen LogP contribution in [0.5, 0.6) is 0 Å². The molecule has 1 saturated heterocycles. The lowest BCUT2D eigenvalue weighted by atomic mass is 10.6. The Morgan fingerprint density at radius 3 is 2.00 bits per heavy atom. The van der Waals surface area contributed by atoms with Crippen molar-refractivity contribution in [1.29, 1.82) is 0 Å². The van der Waals surface area contributed by atoms with Crippen LogP contribution < -0.4 is 5.32 Å². The maximum Gasteiger partial charge on any atom is 0.192 e. The lowest BCUT2D eigenvalue weighted by molar-refractivity contribution is 0.740. The Bertz CT molecular complexity index is 23.0. The van der Waals surface area contributed by atoms with Gasteiger partial charge in [-0.15, -0.1) is 11.8 Å². The molecule has 0 aliphatic carbocycles. The van der Waals surface area contributed by atoms with E-state index in [1.807, 2.05) is 11.8 Å².